The normalized spacial score (nSPS) is 12.7. The summed E-state index contributed by atoms with van der Waals surface area (Å²) in [4.78, 5) is 4.27. The highest BCUT2D eigenvalue weighted by Crippen LogP contribution is 2.29. The Morgan fingerprint density at radius 3 is 2.84 bits per heavy atom. The van der Waals surface area contributed by atoms with Gasteiger partial charge in [-0.3, -0.25) is 5.43 Å². The van der Waals surface area contributed by atoms with Crippen LogP contribution in [0.2, 0.25) is 0 Å². The van der Waals surface area contributed by atoms with Crippen LogP contribution in [0.4, 0.5) is 5.82 Å². The van der Waals surface area contributed by atoms with Crippen molar-refractivity contribution in [2.75, 3.05) is 5.43 Å². The molecule has 2 aromatic heterocycles. The van der Waals surface area contributed by atoms with E-state index in [0.717, 1.165) is 28.2 Å². The quantitative estimate of drug-likeness (QED) is 0.720. The maximum absolute atomic E-state index is 4.63. The molecule has 0 aliphatic carbocycles. The molecule has 0 amide bonds. The lowest BCUT2D eigenvalue weighted by Crippen LogP contribution is -2.02. The first-order chi connectivity index (χ1) is 9.33. The minimum Gasteiger partial charge on any atom is -0.260 e. The van der Waals surface area contributed by atoms with Gasteiger partial charge in [0.2, 0.25) is 0 Å². The number of aromatic nitrogens is 3. The van der Waals surface area contributed by atoms with Crippen LogP contribution in [0.1, 0.15) is 11.1 Å². The van der Waals surface area contributed by atoms with Crippen molar-refractivity contribution in [2.45, 2.75) is 6.92 Å². The molecule has 0 fully saturated rings. The van der Waals surface area contributed by atoms with Gasteiger partial charge < -0.3 is 0 Å². The molecule has 3 heterocycles. The highest BCUT2D eigenvalue weighted by atomic mass is 15.3. The lowest BCUT2D eigenvalue weighted by Gasteiger charge is -2.07. The number of hydrazone groups is 1. The van der Waals surface area contributed by atoms with E-state index in [1.807, 2.05) is 10.7 Å². The van der Waals surface area contributed by atoms with Crippen molar-refractivity contribution in [2.24, 2.45) is 5.10 Å². The van der Waals surface area contributed by atoms with Crippen LogP contribution in [0.15, 0.2) is 41.8 Å². The summed E-state index contributed by atoms with van der Waals surface area (Å²) in [5.41, 5.74) is 8.12. The third-order valence-electron chi connectivity index (χ3n) is 3.27. The van der Waals surface area contributed by atoms with E-state index in [0.29, 0.717) is 0 Å². The van der Waals surface area contributed by atoms with Crippen LogP contribution in [0.3, 0.4) is 0 Å². The van der Waals surface area contributed by atoms with Gasteiger partial charge in [0.15, 0.2) is 5.82 Å². The molecule has 0 saturated heterocycles. The first-order valence-electron chi connectivity index (χ1n) is 6.06. The molecule has 0 saturated carbocycles. The van der Waals surface area contributed by atoms with Crippen molar-refractivity contribution < 1.29 is 0 Å². The molecule has 1 aliphatic heterocycles. The van der Waals surface area contributed by atoms with Gasteiger partial charge in [-0.25, -0.2) is 9.50 Å². The summed E-state index contributed by atoms with van der Waals surface area (Å²) < 4.78 is 1.84. The molecule has 19 heavy (non-hydrogen) atoms. The summed E-state index contributed by atoms with van der Waals surface area (Å²) >= 11 is 0. The van der Waals surface area contributed by atoms with E-state index in [9.17, 15) is 0 Å². The molecular weight excluding hydrogens is 238 g/mol. The van der Waals surface area contributed by atoms with Gasteiger partial charge in [0, 0.05) is 18.0 Å². The highest BCUT2D eigenvalue weighted by molar-refractivity contribution is 6.02. The minimum absolute atomic E-state index is 0.742. The average Bonchev–Trinajstić information content (AvgIpc) is 2.82. The van der Waals surface area contributed by atoms with Gasteiger partial charge in [0.1, 0.15) is 11.2 Å². The van der Waals surface area contributed by atoms with Crippen LogP contribution < -0.4 is 5.43 Å². The average molecular weight is 249 g/mol. The smallest absolute Gasteiger partial charge is 0.173 e. The molecule has 0 radical (unpaired) electrons. The predicted octanol–water partition coefficient (Wildman–Crippen LogP) is 2.46. The first-order valence-corrected chi connectivity index (χ1v) is 6.06. The van der Waals surface area contributed by atoms with E-state index >= 15 is 0 Å². The summed E-state index contributed by atoms with van der Waals surface area (Å²) in [5.74, 6) is 0.742. The van der Waals surface area contributed by atoms with Crippen molar-refractivity contribution >= 4 is 17.5 Å². The van der Waals surface area contributed by atoms with Crippen LogP contribution in [-0.2, 0) is 0 Å². The van der Waals surface area contributed by atoms with Crippen LogP contribution in [0.5, 0.6) is 0 Å². The van der Waals surface area contributed by atoms with Gasteiger partial charge in [-0.2, -0.15) is 10.2 Å². The van der Waals surface area contributed by atoms with Crippen LogP contribution >= 0.6 is 0 Å². The zero-order valence-corrected chi connectivity index (χ0v) is 10.3. The predicted molar refractivity (Wildman–Crippen MR) is 74.4 cm³/mol. The van der Waals surface area contributed by atoms with Gasteiger partial charge in [-0.1, -0.05) is 29.8 Å². The first kappa shape index (κ1) is 10.3. The van der Waals surface area contributed by atoms with Gasteiger partial charge >= 0.3 is 0 Å². The molecule has 5 heteroatoms. The molecule has 0 bridgehead atoms. The third-order valence-corrected chi connectivity index (χ3v) is 3.27. The Bertz CT molecular complexity index is 799. The molecule has 0 atom stereocenters. The van der Waals surface area contributed by atoms with Crippen molar-refractivity contribution in [3.63, 3.8) is 0 Å². The number of benzene rings is 1. The summed E-state index contributed by atoms with van der Waals surface area (Å²) in [5, 5.41) is 8.76. The summed E-state index contributed by atoms with van der Waals surface area (Å²) in [6.45, 7) is 2.07. The third kappa shape index (κ3) is 1.45. The summed E-state index contributed by atoms with van der Waals surface area (Å²) in [6.07, 6.45) is 5.36. The zero-order chi connectivity index (χ0) is 12.8. The number of aryl methyl sites for hydroxylation is 1. The highest BCUT2D eigenvalue weighted by Gasteiger charge is 2.18. The van der Waals surface area contributed by atoms with E-state index in [1.54, 1.807) is 12.4 Å². The van der Waals surface area contributed by atoms with Gasteiger partial charge in [-0.05, 0) is 6.92 Å². The van der Waals surface area contributed by atoms with Crippen LogP contribution in [0.25, 0.3) is 16.8 Å². The van der Waals surface area contributed by atoms with Crippen molar-refractivity contribution in [3.05, 3.63) is 47.8 Å². The maximum atomic E-state index is 4.63. The fourth-order valence-corrected chi connectivity index (χ4v) is 2.31. The Morgan fingerprint density at radius 2 is 2.00 bits per heavy atom. The second-order valence-electron chi connectivity index (χ2n) is 4.57. The molecule has 0 spiro atoms. The van der Waals surface area contributed by atoms with Gasteiger partial charge in [0.25, 0.3) is 0 Å². The second kappa shape index (κ2) is 3.65. The molecule has 92 valence electrons. The zero-order valence-electron chi connectivity index (χ0n) is 10.3. The molecule has 3 aromatic rings. The lowest BCUT2D eigenvalue weighted by molar-refractivity contribution is 0.949. The number of rotatable bonds is 1. The second-order valence-corrected chi connectivity index (χ2v) is 4.57. The van der Waals surface area contributed by atoms with E-state index < -0.39 is 0 Å². The fourth-order valence-electron chi connectivity index (χ4n) is 2.31. The number of anilines is 1. The Hall–Kier alpha value is -2.69. The largest absolute Gasteiger partial charge is 0.260 e. The van der Waals surface area contributed by atoms with E-state index in [4.69, 9.17) is 0 Å². The minimum atomic E-state index is 0.742. The molecule has 1 aromatic carbocycles. The molecule has 5 nitrogen and oxygen atoms in total. The van der Waals surface area contributed by atoms with Crippen LogP contribution in [0, 0.1) is 6.92 Å². The summed E-state index contributed by atoms with van der Waals surface area (Å²) in [7, 11) is 0. The SMILES string of the molecule is Cc1ccc(-c2nn3ccnc4c3c2C=NN4)cc1. The number of nitrogens with one attached hydrogen (secondary N) is 1. The van der Waals surface area contributed by atoms with Gasteiger partial charge in [-0.15, -0.1) is 0 Å². The van der Waals surface area contributed by atoms with E-state index in [2.05, 4.69) is 51.8 Å². The Kier molecular flexibility index (Phi) is 1.97. The molecule has 1 N–H and O–H groups in total. The van der Waals surface area contributed by atoms with Gasteiger partial charge in [0.05, 0.1) is 11.8 Å². The Morgan fingerprint density at radius 1 is 1.16 bits per heavy atom. The molecule has 4 rings (SSSR count). The topological polar surface area (TPSA) is 54.6 Å². The van der Waals surface area contributed by atoms with Crippen molar-refractivity contribution in [1.82, 2.24) is 14.6 Å². The fraction of sp³-hybridized carbons (Fsp3) is 0.0714. The van der Waals surface area contributed by atoms with E-state index in [-0.39, 0.29) is 0 Å². The maximum Gasteiger partial charge on any atom is 0.173 e. The Labute approximate surface area is 109 Å². The number of hydrogen-bond donors (Lipinski definition) is 1. The van der Waals surface area contributed by atoms with E-state index in [1.165, 1.54) is 5.56 Å². The van der Waals surface area contributed by atoms with Crippen LogP contribution in [-0.4, -0.2) is 20.8 Å². The van der Waals surface area contributed by atoms with Crippen molar-refractivity contribution in [3.8, 4) is 11.3 Å². The number of nitrogens with zero attached hydrogens (tertiary/aromatic N) is 4. The Balaban J connectivity index is 2.04. The molecule has 1 aliphatic rings. The standard InChI is InChI=1S/C14H11N5/c1-9-2-4-10(5-3-9)12-11-8-16-17-14-13(11)19(18-12)7-6-15-14/h2-8H,1H3,(H,15,17). The molecular formula is C14H11N5. The number of hydrogen-bond acceptors (Lipinski definition) is 4. The monoisotopic (exact) mass is 249 g/mol. The molecule has 0 unspecified atom stereocenters. The summed E-state index contributed by atoms with van der Waals surface area (Å²) in [6, 6.07) is 8.33. The van der Waals surface area contributed by atoms with Crippen molar-refractivity contribution in [1.29, 1.82) is 0 Å². The lowest BCUT2D eigenvalue weighted by atomic mass is 10.1.